The SMILES string of the molecule is C#CCOc1c(I)cc(/C=C2\C(=O)NC(=O)N(c3ccc(Cl)c(Cl)c3)C2=O)cc1OCC. The molecule has 0 atom stereocenters. The minimum atomic E-state index is -0.891. The molecule has 0 aromatic heterocycles. The molecule has 1 fully saturated rings. The first-order chi connectivity index (χ1) is 15.3. The van der Waals surface area contributed by atoms with Gasteiger partial charge in [0.15, 0.2) is 11.5 Å². The number of carbonyl (C=O) groups is 3. The lowest BCUT2D eigenvalue weighted by Gasteiger charge is -2.26. The number of terminal acetylenes is 1. The highest BCUT2D eigenvalue weighted by Crippen LogP contribution is 2.35. The summed E-state index contributed by atoms with van der Waals surface area (Å²) in [6, 6.07) is 6.69. The molecule has 1 N–H and O–H groups in total. The molecule has 1 saturated heterocycles. The van der Waals surface area contributed by atoms with E-state index in [9.17, 15) is 14.4 Å². The smallest absolute Gasteiger partial charge is 0.335 e. The predicted molar refractivity (Wildman–Crippen MR) is 130 cm³/mol. The molecule has 0 radical (unpaired) electrons. The van der Waals surface area contributed by atoms with Crippen LogP contribution in [0.2, 0.25) is 10.0 Å². The van der Waals surface area contributed by atoms with Crippen LogP contribution in [0.5, 0.6) is 11.5 Å². The number of amides is 4. The fourth-order valence-corrected chi connectivity index (χ4v) is 3.94. The Kier molecular flexibility index (Phi) is 7.66. The molecule has 10 heteroatoms. The zero-order valence-electron chi connectivity index (χ0n) is 16.6. The van der Waals surface area contributed by atoms with E-state index in [0.717, 1.165) is 4.90 Å². The molecule has 4 amide bonds. The van der Waals surface area contributed by atoms with Gasteiger partial charge in [-0.3, -0.25) is 14.9 Å². The molecule has 1 heterocycles. The average molecular weight is 585 g/mol. The van der Waals surface area contributed by atoms with Crippen molar-refractivity contribution in [1.29, 1.82) is 0 Å². The Bertz CT molecular complexity index is 1190. The van der Waals surface area contributed by atoms with Crippen LogP contribution >= 0.6 is 45.8 Å². The van der Waals surface area contributed by atoms with Crippen molar-refractivity contribution >= 4 is 75.4 Å². The summed E-state index contributed by atoms with van der Waals surface area (Å²) in [4.78, 5) is 38.7. The fourth-order valence-electron chi connectivity index (χ4n) is 2.87. The Hall–Kier alpha value is -2.74. The fraction of sp³-hybridized carbons (Fsp3) is 0.136. The second-order valence-electron chi connectivity index (χ2n) is 6.31. The van der Waals surface area contributed by atoms with Gasteiger partial charge in [0.25, 0.3) is 11.8 Å². The molecular formula is C22H15Cl2IN2O5. The van der Waals surface area contributed by atoms with Gasteiger partial charge in [-0.15, -0.1) is 6.42 Å². The van der Waals surface area contributed by atoms with E-state index in [-0.39, 0.29) is 27.9 Å². The molecule has 0 aliphatic carbocycles. The van der Waals surface area contributed by atoms with Gasteiger partial charge in [-0.1, -0.05) is 29.1 Å². The van der Waals surface area contributed by atoms with E-state index in [1.54, 1.807) is 12.1 Å². The summed E-state index contributed by atoms with van der Waals surface area (Å²) in [5.74, 6) is 1.62. The average Bonchev–Trinajstić information content (AvgIpc) is 2.73. The van der Waals surface area contributed by atoms with Crippen molar-refractivity contribution in [1.82, 2.24) is 5.32 Å². The van der Waals surface area contributed by atoms with Crippen molar-refractivity contribution in [3.63, 3.8) is 0 Å². The van der Waals surface area contributed by atoms with E-state index in [2.05, 4.69) is 11.2 Å². The van der Waals surface area contributed by atoms with E-state index in [1.165, 1.54) is 24.3 Å². The number of nitrogens with zero attached hydrogens (tertiary/aromatic N) is 1. The zero-order chi connectivity index (χ0) is 23.4. The molecule has 0 spiro atoms. The molecule has 0 unspecified atom stereocenters. The lowest BCUT2D eigenvalue weighted by atomic mass is 10.1. The van der Waals surface area contributed by atoms with Crippen LogP contribution < -0.4 is 19.7 Å². The molecule has 0 saturated carbocycles. The third-order valence-electron chi connectivity index (χ3n) is 4.21. The summed E-state index contributed by atoms with van der Waals surface area (Å²) in [7, 11) is 0. The van der Waals surface area contributed by atoms with Crippen molar-refractivity contribution in [2.24, 2.45) is 0 Å². The highest BCUT2D eigenvalue weighted by Gasteiger charge is 2.37. The van der Waals surface area contributed by atoms with Crippen LogP contribution in [-0.2, 0) is 9.59 Å². The molecule has 32 heavy (non-hydrogen) atoms. The van der Waals surface area contributed by atoms with Gasteiger partial charge in [0.05, 0.1) is 25.9 Å². The van der Waals surface area contributed by atoms with Crippen LogP contribution in [-0.4, -0.2) is 31.1 Å². The van der Waals surface area contributed by atoms with Gasteiger partial charge in [0.2, 0.25) is 0 Å². The highest BCUT2D eigenvalue weighted by molar-refractivity contribution is 14.1. The van der Waals surface area contributed by atoms with Gasteiger partial charge in [-0.25, -0.2) is 9.69 Å². The van der Waals surface area contributed by atoms with Gasteiger partial charge in [0, 0.05) is 0 Å². The highest BCUT2D eigenvalue weighted by atomic mass is 127. The monoisotopic (exact) mass is 584 g/mol. The van der Waals surface area contributed by atoms with Gasteiger partial charge in [0.1, 0.15) is 12.2 Å². The number of ether oxygens (including phenoxy) is 2. The second-order valence-corrected chi connectivity index (χ2v) is 8.29. The lowest BCUT2D eigenvalue weighted by Crippen LogP contribution is -2.54. The molecule has 2 aromatic carbocycles. The molecule has 1 aliphatic heterocycles. The second kappa shape index (κ2) is 10.3. The van der Waals surface area contributed by atoms with Crippen molar-refractivity contribution in [3.8, 4) is 23.8 Å². The summed E-state index contributed by atoms with van der Waals surface area (Å²) >= 11 is 14.0. The van der Waals surface area contributed by atoms with Crippen LogP contribution in [0.3, 0.4) is 0 Å². The third-order valence-corrected chi connectivity index (χ3v) is 5.75. The summed E-state index contributed by atoms with van der Waals surface area (Å²) < 4.78 is 11.8. The Morgan fingerprint density at radius 3 is 2.56 bits per heavy atom. The number of imide groups is 2. The number of barbiturate groups is 1. The number of carbonyl (C=O) groups excluding carboxylic acids is 3. The topological polar surface area (TPSA) is 84.9 Å². The van der Waals surface area contributed by atoms with Crippen molar-refractivity contribution in [2.45, 2.75) is 6.92 Å². The maximum absolute atomic E-state index is 13.1. The van der Waals surface area contributed by atoms with Crippen LogP contribution in [0, 0.1) is 15.9 Å². The van der Waals surface area contributed by atoms with Crippen molar-refractivity contribution in [3.05, 3.63) is 55.1 Å². The van der Waals surface area contributed by atoms with Gasteiger partial charge >= 0.3 is 6.03 Å². The van der Waals surface area contributed by atoms with Crippen molar-refractivity contribution < 1.29 is 23.9 Å². The number of hydrogen-bond acceptors (Lipinski definition) is 5. The third kappa shape index (κ3) is 5.01. The number of rotatable bonds is 6. The Morgan fingerprint density at radius 2 is 1.91 bits per heavy atom. The number of nitrogens with one attached hydrogen (secondary N) is 1. The van der Waals surface area contributed by atoms with Gasteiger partial charge in [-0.2, -0.15) is 0 Å². The summed E-state index contributed by atoms with van der Waals surface area (Å²) in [6.45, 7) is 2.22. The minimum absolute atomic E-state index is 0.0537. The Morgan fingerprint density at radius 1 is 1.16 bits per heavy atom. The van der Waals surface area contributed by atoms with Crippen LogP contribution in [0.4, 0.5) is 10.5 Å². The van der Waals surface area contributed by atoms with Crippen molar-refractivity contribution in [2.75, 3.05) is 18.1 Å². The number of benzene rings is 2. The first kappa shape index (κ1) is 23.9. The maximum atomic E-state index is 13.1. The van der Waals surface area contributed by atoms with Gasteiger partial charge < -0.3 is 9.47 Å². The number of halogens is 3. The summed E-state index contributed by atoms with van der Waals surface area (Å²) in [5.41, 5.74) is 0.418. The lowest BCUT2D eigenvalue weighted by molar-refractivity contribution is -0.122. The van der Waals surface area contributed by atoms with E-state index in [4.69, 9.17) is 39.1 Å². The molecule has 164 valence electrons. The predicted octanol–water partition coefficient (Wildman–Crippen LogP) is 4.68. The van der Waals surface area contributed by atoms with E-state index in [1.807, 2.05) is 29.5 Å². The quantitative estimate of drug-likeness (QED) is 0.231. The molecular weight excluding hydrogens is 570 g/mol. The van der Waals surface area contributed by atoms with Crippen LogP contribution in [0.15, 0.2) is 35.9 Å². The van der Waals surface area contributed by atoms with E-state index < -0.39 is 17.8 Å². The Balaban J connectivity index is 2.03. The minimum Gasteiger partial charge on any atom is -0.490 e. The molecule has 2 aromatic rings. The van der Waals surface area contributed by atoms with E-state index >= 15 is 0 Å². The standard InChI is InChI=1S/C22H15Cl2IN2O5/c1-3-7-32-19-17(25)9-12(10-18(19)31-4-2)8-14-20(28)26-22(30)27(21(14)29)13-5-6-15(23)16(24)11-13/h1,5-6,8-11H,4,7H2,2H3,(H,26,28,30)/b14-8+. The number of urea groups is 1. The van der Waals surface area contributed by atoms with Crippen LogP contribution in [0.25, 0.3) is 6.08 Å². The first-order valence-corrected chi connectivity index (χ1v) is 11.0. The van der Waals surface area contributed by atoms with Crippen LogP contribution in [0.1, 0.15) is 12.5 Å². The summed E-state index contributed by atoms with van der Waals surface area (Å²) in [6.07, 6.45) is 6.63. The molecule has 1 aliphatic rings. The first-order valence-electron chi connectivity index (χ1n) is 9.16. The summed E-state index contributed by atoms with van der Waals surface area (Å²) in [5, 5.41) is 2.58. The normalized spacial score (nSPS) is 14.9. The largest absolute Gasteiger partial charge is 0.490 e. The Labute approximate surface area is 207 Å². The maximum Gasteiger partial charge on any atom is 0.335 e. The molecule has 0 bridgehead atoms. The molecule has 7 nitrogen and oxygen atoms in total. The molecule has 3 rings (SSSR count). The number of anilines is 1. The number of hydrogen-bond donors (Lipinski definition) is 1. The van der Waals surface area contributed by atoms with E-state index in [0.29, 0.717) is 27.2 Å². The zero-order valence-corrected chi connectivity index (χ0v) is 20.2. The van der Waals surface area contributed by atoms with Gasteiger partial charge in [-0.05, 0) is 71.5 Å².